The summed E-state index contributed by atoms with van der Waals surface area (Å²) in [5.41, 5.74) is 0.977. The highest BCUT2D eigenvalue weighted by Gasteiger charge is 2.35. The number of allylic oxidation sites excluding steroid dienone is 2. The number of carboxylic acid groups (broad SMARTS) is 1. The van der Waals surface area contributed by atoms with Gasteiger partial charge in [-0.05, 0) is 18.4 Å². The highest BCUT2D eigenvalue weighted by Crippen LogP contribution is 2.32. The summed E-state index contributed by atoms with van der Waals surface area (Å²) in [6.07, 6.45) is 2.28. The van der Waals surface area contributed by atoms with E-state index >= 15 is 0 Å². The predicted molar refractivity (Wildman–Crippen MR) is 76.1 cm³/mol. The maximum Gasteiger partial charge on any atom is 0.307 e. The Balaban J connectivity index is 2.00. The Kier molecular flexibility index (Phi) is 4.79. The van der Waals surface area contributed by atoms with Crippen molar-refractivity contribution in [1.29, 1.82) is 0 Å². The number of amides is 1. The number of halogens is 1. The van der Waals surface area contributed by atoms with E-state index in [9.17, 15) is 14.7 Å². The molecular weight excluding hydrogens is 278 g/mol. The molecule has 0 bridgehead atoms. The van der Waals surface area contributed by atoms with Gasteiger partial charge < -0.3 is 10.4 Å². The van der Waals surface area contributed by atoms with E-state index < -0.39 is 17.8 Å². The van der Waals surface area contributed by atoms with Crippen molar-refractivity contribution in [2.24, 2.45) is 11.8 Å². The largest absolute Gasteiger partial charge is 0.481 e. The lowest BCUT2D eigenvalue weighted by Crippen LogP contribution is -2.39. The van der Waals surface area contributed by atoms with Gasteiger partial charge in [-0.25, -0.2) is 0 Å². The van der Waals surface area contributed by atoms with Crippen LogP contribution in [0.5, 0.6) is 0 Å². The third-order valence-electron chi connectivity index (χ3n) is 3.46. The SMILES string of the molecule is O=C(O)[C@@H]1CC=C(Cl)C[C@H]1C(=O)NCc1ccccc1. The van der Waals surface area contributed by atoms with Crippen molar-refractivity contribution in [3.63, 3.8) is 0 Å². The van der Waals surface area contributed by atoms with Crippen LogP contribution in [0.1, 0.15) is 18.4 Å². The van der Waals surface area contributed by atoms with Gasteiger partial charge in [0.15, 0.2) is 0 Å². The van der Waals surface area contributed by atoms with Gasteiger partial charge in [-0.1, -0.05) is 48.0 Å². The van der Waals surface area contributed by atoms with E-state index in [1.165, 1.54) is 0 Å². The second kappa shape index (κ2) is 6.57. The number of nitrogens with one attached hydrogen (secondary N) is 1. The van der Waals surface area contributed by atoms with Crippen LogP contribution in [-0.2, 0) is 16.1 Å². The van der Waals surface area contributed by atoms with E-state index in [0.29, 0.717) is 24.4 Å². The van der Waals surface area contributed by atoms with Gasteiger partial charge in [-0.2, -0.15) is 0 Å². The molecule has 5 heteroatoms. The molecule has 106 valence electrons. The Morgan fingerprint density at radius 1 is 1.25 bits per heavy atom. The van der Waals surface area contributed by atoms with Crippen LogP contribution >= 0.6 is 11.6 Å². The molecule has 0 fully saturated rings. The third kappa shape index (κ3) is 3.61. The standard InChI is InChI=1S/C15H16ClNO3/c16-11-6-7-12(15(19)20)13(8-11)14(18)17-9-10-4-2-1-3-5-10/h1-6,12-13H,7-9H2,(H,17,18)(H,19,20)/t12-,13-/m1/s1. The Labute approximate surface area is 122 Å². The monoisotopic (exact) mass is 293 g/mol. The van der Waals surface area contributed by atoms with Crippen LogP contribution in [0.4, 0.5) is 0 Å². The number of carbonyl (C=O) groups excluding carboxylic acids is 1. The minimum absolute atomic E-state index is 0.257. The van der Waals surface area contributed by atoms with Crippen LogP contribution in [-0.4, -0.2) is 17.0 Å². The average Bonchev–Trinajstić information content (AvgIpc) is 2.45. The normalized spacial score (nSPS) is 21.9. The predicted octanol–water partition coefficient (Wildman–Crippen LogP) is 2.54. The molecular formula is C15H16ClNO3. The number of aliphatic carboxylic acids is 1. The quantitative estimate of drug-likeness (QED) is 0.896. The molecule has 0 saturated heterocycles. The Bertz CT molecular complexity index is 527. The molecule has 2 atom stereocenters. The van der Waals surface area contributed by atoms with Gasteiger partial charge in [0.2, 0.25) is 5.91 Å². The molecule has 0 radical (unpaired) electrons. The van der Waals surface area contributed by atoms with Gasteiger partial charge in [0.25, 0.3) is 0 Å². The number of carbonyl (C=O) groups is 2. The minimum atomic E-state index is -0.953. The second-order valence-corrected chi connectivity index (χ2v) is 5.33. The molecule has 1 aromatic rings. The van der Waals surface area contributed by atoms with Crippen molar-refractivity contribution in [3.05, 3.63) is 47.0 Å². The maximum atomic E-state index is 12.2. The number of hydrogen-bond acceptors (Lipinski definition) is 2. The molecule has 2 N–H and O–H groups in total. The molecule has 2 rings (SSSR count). The van der Waals surface area contributed by atoms with E-state index in [0.717, 1.165) is 5.56 Å². The zero-order valence-corrected chi connectivity index (χ0v) is 11.6. The molecule has 0 aromatic heterocycles. The van der Waals surface area contributed by atoms with E-state index in [-0.39, 0.29) is 5.91 Å². The van der Waals surface area contributed by atoms with E-state index in [4.69, 9.17) is 11.6 Å². The lowest BCUT2D eigenvalue weighted by atomic mass is 9.82. The van der Waals surface area contributed by atoms with Gasteiger partial charge >= 0.3 is 5.97 Å². The van der Waals surface area contributed by atoms with Gasteiger partial charge in [-0.3, -0.25) is 9.59 Å². The lowest BCUT2D eigenvalue weighted by Gasteiger charge is -2.25. The van der Waals surface area contributed by atoms with Crippen molar-refractivity contribution < 1.29 is 14.7 Å². The molecule has 20 heavy (non-hydrogen) atoms. The van der Waals surface area contributed by atoms with Crippen molar-refractivity contribution in [2.75, 3.05) is 0 Å². The van der Waals surface area contributed by atoms with Crippen LogP contribution in [0.25, 0.3) is 0 Å². The van der Waals surface area contributed by atoms with E-state index in [1.54, 1.807) is 6.08 Å². The molecule has 0 heterocycles. The van der Waals surface area contributed by atoms with Crippen molar-refractivity contribution >= 4 is 23.5 Å². The van der Waals surface area contributed by atoms with Crippen LogP contribution in [0.15, 0.2) is 41.4 Å². The average molecular weight is 294 g/mol. The zero-order valence-electron chi connectivity index (χ0n) is 10.9. The summed E-state index contributed by atoms with van der Waals surface area (Å²) in [7, 11) is 0. The first-order chi connectivity index (χ1) is 9.58. The van der Waals surface area contributed by atoms with Gasteiger partial charge in [-0.15, -0.1) is 0 Å². The van der Waals surface area contributed by atoms with Crippen LogP contribution < -0.4 is 5.32 Å². The van der Waals surface area contributed by atoms with Crippen molar-refractivity contribution in [1.82, 2.24) is 5.32 Å². The molecule has 0 spiro atoms. The fourth-order valence-electron chi connectivity index (χ4n) is 2.32. The molecule has 0 aliphatic heterocycles. The summed E-state index contributed by atoms with van der Waals surface area (Å²) < 4.78 is 0. The Morgan fingerprint density at radius 2 is 1.95 bits per heavy atom. The fraction of sp³-hybridized carbons (Fsp3) is 0.333. The van der Waals surface area contributed by atoms with Crippen LogP contribution in [0.3, 0.4) is 0 Å². The summed E-state index contributed by atoms with van der Waals surface area (Å²) in [5.74, 6) is -2.51. The number of benzene rings is 1. The summed E-state index contributed by atoms with van der Waals surface area (Å²) >= 11 is 5.93. The summed E-state index contributed by atoms with van der Waals surface area (Å²) in [6.45, 7) is 0.393. The molecule has 4 nitrogen and oxygen atoms in total. The Hall–Kier alpha value is -1.81. The number of hydrogen-bond donors (Lipinski definition) is 2. The first kappa shape index (κ1) is 14.6. The molecule has 1 amide bonds. The zero-order chi connectivity index (χ0) is 14.5. The summed E-state index contributed by atoms with van der Waals surface area (Å²) in [6, 6.07) is 9.49. The molecule has 0 saturated carbocycles. The molecule has 1 aliphatic rings. The van der Waals surface area contributed by atoms with Gasteiger partial charge in [0, 0.05) is 11.6 Å². The van der Waals surface area contributed by atoms with Gasteiger partial charge in [0.1, 0.15) is 0 Å². The van der Waals surface area contributed by atoms with E-state index in [2.05, 4.69) is 5.32 Å². The topological polar surface area (TPSA) is 66.4 Å². The van der Waals surface area contributed by atoms with E-state index in [1.807, 2.05) is 30.3 Å². The first-order valence-electron chi connectivity index (χ1n) is 6.47. The van der Waals surface area contributed by atoms with Crippen molar-refractivity contribution in [3.8, 4) is 0 Å². The second-order valence-electron chi connectivity index (χ2n) is 4.85. The summed E-state index contributed by atoms with van der Waals surface area (Å²) in [4.78, 5) is 23.4. The fourth-order valence-corrected chi connectivity index (χ4v) is 2.57. The van der Waals surface area contributed by atoms with Crippen LogP contribution in [0, 0.1) is 11.8 Å². The Morgan fingerprint density at radius 3 is 2.60 bits per heavy atom. The third-order valence-corrected chi connectivity index (χ3v) is 3.77. The highest BCUT2D eigenvalue weighted by molar-refractivity contribution is 6.29. The minimum Gasteiger partial charge on any atom is -0.481 e. The van der Waals surface area contributed by atoms with Crippen LogP contribution in [0.2, 0.25) is 0 Å². The molecule has 0 unspecified atom stereocenters. The maximum absolute atomic E-state index is 12.2. The smallest absolute Gasteiger partial charge is 0.307 e. The first-order valence-corrected chi connectivity index (χ1v) is 6.84. The summed E-state index contributed by atoms with van der Waals surface area (Å²) in [5, 5.41) is 12.5. The highest BCUT2D eigenvalue weighted by atomic mass is 35.5. The number of rotatable bonds is 4. The van der Waals surface area contributed by atoms with Gasteiger partial charge in [0.05, 0.1) is 11.8 Å². The molecule has 1 aliphatic carbocycles. The number of carboxylic acids is 1. The lowest BCUT2D eigenvalue weighted by molar-refractivity contribution is -0.147. The molecule has 1 aromatic carbocycles. The van der Waals surface area contributed by atoms with Crippen molar-refractivity contribution in [2.45, 2.75) is 19.4 Å².